The number of piperazine rings is 1. The minimum atomic E-state index is -0.965. The van der Waals surface area contributed by atoms with Crippen LogP contribution in [0.3, 0.4) is 0 Å². The van der Waals surface area contributed by atoms with Crippen LogP contribution in [0, 0.1) is 0 Å². The van der Waals surface area contributed by atoms with Gasteiger partial charge in [-0.25, -0.2) is 19.6 Å². The number of anilines is 3. The molecule has 1 aromatic heterocycles. The smallest absolute Gasteiger partial charge is 0.407 e. The van der Waals surface area contributed by atoms with Crippen molar-refractivity contribution in [3.05, 3.63) is 60.9 Å². The highest BCUT2D eigenvalue weighted by Crippen LogP contribution is 2.23. The average molecular weight is 448 g/mol. The Kier molecular flexibility index (Phi) is 6.53. The molecule has 2 aromatic carbocycles. The van der Waals surface area contributed by atoms with Crippen molar-refractivity contribution in [3.63, 3.8) is 0 Å². The van der Waals surface area contributed by atoms with E-state index in [2.05, 4.69) is 20.6 Å². The number of ether oxygens (including phenoxy) is 1. The Labute approximate surface area is 190 Å². The summed E-state index contributed by atoms with van der Waals surface area (Å²) in [4.78, 5) is 35.2. The molecule has 0 unspecified atom stereocenters. The maximum Gasteiger partial charge on any atom is 0.407 e. The van der Waals surface area contributed by atoms with E-state index in [1.54, 1.807) is 36.5 Å². The van der Waals surface area contributed by atoms with Crippen LogP contribution in [0.15, 0.2) is 60.9 Å². The molecule has 4 rings (SSSR count). The molecule has 0 spiro atoms. The number of carbonyl (C=O) groups is 2. The summed E-state index contributed by atoms with van der Waals surface area (Å²) < 4.78 is 5.18. The number of hydrogen-bond acceptors (Lipinski definition) is 6. The first kappa shape index (κ1) is 21.9. The van der Waals surface area contributed by atoms with Gasteiger partial charge in [0.05, 0.1) is 7.11 Å². The summed E-state index contributed by atoms with van der Waals surface area (Å²) in [5.41, 5.74) is 3.20. The van der Waals surface area contributed by atoms with Gasteiger partial charge >= 0.3 is 12.1 Å². The van der Waals surface area contributed by atoms with Crippen molar-refractivity contribution in [3.8, 4) is 16.9 Å². The second kappa shape index (κ2) is 9.86. The van der Waals surface area contributed by atoms with Gasteiger partial charge in [0.25, 0.3) is 0 Å². The normalized spacial score (nSPS) is 13.4. The van der Waals surface area contributed by atoms with Gasteiger partial charge < -0.3 is 30.3 Å². The Morgan fingerprint density at radius 3 is 2.18 bits per heavy atom. The minimum absolute atomic E-state index is 0.266. The molecule has 3 amide bonds. The SMILES string of the molecule is COc1ccc(-c2cnc(Nc3cccc(NC(=O)N4CCN(C(=O)O)CC4)c3)nc2)cc1. The van der Waals surface area contributed by atoms with E-state index in [9.17, 15) is 9.59 Å². The molecule has 0 bridgehead atoms. The van der Waals surface area contributed by atoms with Crippen molar-refractivity contribution in [1.82, 2.24) is 19.8 Å². The fourth-order valence-electron chi connectivity index (χ4n) is 3.43. The number of nitrogens with one attached hydrogen (secondary N) is 2. The molecule has 1 aliphatic rings. The Hall–Kier alpha value is -4.34. The van der Waals surface area contributed by atoms with Crippen LogP contribution in [0.5, 0.6) is 5.75 Å². The molecule has 0 radical (unpaired) electrons. The van der Waals surface area contributed by atoms with Crippen LogP contribution in [-0.4, -0.2) is 70.3 Å². The molecule has 0 aliphatic carbocycles. The molecule has 2 heterocycles. The maximum absolute atomic E-state index is 12.5. The minimum Gasteiger partial charge on any atom is -0.497 e. The molecule has 170 valence electrons. The van der Waals surface area contributed by atoms with Gasteiger partial charge in [0.1, 0.15) is 5.75 Å². The van der Waals surface area contributed by atoms with Crippen molar-refractivity contribution in [2.24, 2.45) is 0 Å². The first-order valence-electron chi connectivity index (χ1n) is 10.4. The lowest BCUT2D eigenvalue weighted by Gasteiger charge is -2.33. The van der Waals surface area contributed by atoms with E-state index < -0.39 is 6.09 Å². The number of carboxylic acid groups (broad SMARTS) is 1. The van der Waals surface area contributed by atoms with Gasteiger partial charge in [-0.2, -0.15) is 0 Å². The van der Waals surface area contributed by atoms with Crippen molar-refractivity contribution in [2.75, 3.05) is 43.9 Å². The molecule has 0 saturated carbocycles. The van der Waals surface area contributed by atoms with Gasteiger partial charge in [-0.3, -0.25) is 0 Å². The number of urea groups is 1. The molecular formula is C23H24N6O4. The first-order valence-corrected chi connectivity index (χ1v) is 10.4. The molecule has 33 heavy (non-hydrogen) atoms. The maximum atomic E-state index is 12.5. The number of amides is 3. The zero-order chi connectivity index (χ0) is 23.2. The van der Waals surface area contributed by atoms with Gasteiger partial charge in [-0.1, -0.05) is 18.2 Å². The summed E-state index contributed by atoms with van der Waals surface area (Å²) >= 11 is 0. The molecule has 10 heteroatoms. The molecular weight excluding hydrogens is 424 g/mol. The van der Waals surface area contributed by atoms with Gasteiger partial charge in [0, 0.05) is 55.5 Å². The van der Waals surface area contributed by atoms with Crippen LogP contribution in [0.2, 0.25) is 0 Å². The van der Waals surface area contributed by atoms with Crippen LogP contribution in [0.1, 0.15) is 0 Å². The van der Waals surface area contributed by atoms with Gasteiger partial charge in [0.2, 0.25) is 5.95 Å². The molecule has 1 aliphatic heterocycles. The van der Waals surface area contributed by atoms with E-state index in [0.717, 1.165) is 22.6 Å². The van der Waals surface area contributed by atoms with E-state index in [-0.39, 0.29) is 6.03 Å². The lowest BCUT2D eigenvalue weighted by molar-refractivity contribution is 0.115. The summed E-state index contributed by atoms with van der Waals surface area (Å²) in [6, 6.07) is 14.6. The number of aromatic nitrogens is 2. The molecule has 1 fully saturated rings. The second-order valence-corrected chi connectivity index (χ2v) is 7.42. The quantitative estimate of drug-likeness (QED) is 0.544. The number of hydrogen-bond donors (Lipinski definition) is 3. The highest BCUT2D eigenvalue weighted by molar-refractivity contribution is 5.90. The number of nitrogens with zero attached hydrogens (tertiary/aromatic N) is 4. The van der Waals surface area contributed by atoms with E-state index in [0.29, 0.717) is 37.8 Å². The predicted molar refractivity (Wildman–Crippen MR) is 124 cm³/mol. The third-order valence-electron chi connectivity index (χ3n) is 5.28. The summed E-state index contributed by atoms with van der Waals surface area (Å²) in [5, 5.41) is 15.0. The van der Waals surface area contributed by atoms with E-state index in [1.807, 2.05) is 36.4 Å². The van der Waals surface area contributed by atoms with Crippen molar-refractivity contribution in [2.45, 2.75) is 0 Å². The lowest BCUT2D eigenvalue weighted by Crippen LogP contribution is -2.51. The standard InChI is InChI=1S/C23H24N6O4/c1-33-20-7-5-16(6-8-20)17-14-24-21(25-15-17)26-18-3-2-4-19(13-18)27-22(30)28-9-11-29(12-10-28)23(31)32/h2-8,13-15H,9-12H2,1H3,(H,27,30)(H,31,32)(H,24,25,26). The van der Waals surface area contributed by atoms with Crippen LogP contribution in [0.4, 0.5) is 26.9 Å². The summed E-state index contributed by atoms with van der Waals surface area (Å²) in [5.74, 6) is 1.22. The number of rotatable bonds is 5. The highest BCUT2D eigenvalue weighted by atomic mass is 16.5. The number of methoxy groups -OCH3 is 1. The van der Waals surface area contributed by atoms with Crippen LogP contribution < -0.4 is 15.4 Å². The van der Waals surface area contributed by atoms with Crippen LogP contribution >= 0.6 is 0 Å². The Bertz CT molecular complexity index is 1110. The Morgan fingerprint density at radius 1 is 0.909 bits per heavy atom. The largest absolute Gasteiger partial charge is 0.497 e. The second-order valence-electron chi connectivity index (χ2n) is 7.42. The summed E-state index contributed by atoms with van der Waals surface area (Å²) in [7, 11) is 1.63. The fraction of sp³-hybridized carbons (Fsp3) is 0.217. The van der Waals surface area contributed by atoms with E-state index in [4.69, 9.17) is 9.84 Å². The molecule has 1 saturated heterocycles. The van der Waals surface area contributed by atoms with Crippen molar-refractivity contribution >= 4 is 29.4 Å². The van der Waals surface area contributed by atoms with Gasteiger partial charge in [0.15, 0.2) is 0 Å². The zero-order valence-electron chi connectivity index (χ0n) is 18.1. The van der Waals surface area contributed by atoms with Crippen molar-refractivity contribution in [1.29, 1.82) is 0 Å². The fourth-order valence-corrected chi connectivity index (χ4v) is 3.43. The highest BCUT2D eigenvalue weighted by Gasteiger charge is 2.23. The third-order valence-corrected chi connectivity index (χ3v) is 5.28. The Balaban J connectivity index is 1.36. The van der Waals surface area contributed by atoms with Crippen LogP contribution in [-0.2, 0) is 0 Å². The van der Waals surface area contributed by atoms with E-state index in [1.165, 1.54) is 4.90 Å². The lowest BCUT2D eigenvalue weighted by atomic mass is 10.1. The van der Waals surface area contributed by atoms with E-state index >= 15 is 0 Å². The predicted octanol–water partition coefficient (Wildman–Crippen LogP) is 3.72. The summed E-state index contributed by atoms with van der Waals surface area (Å²) in [6.07, 6.45) is 2.51. The monoisotopic (exact) mass is 448 g/mol. The first-order chi connectivity index (χ1) is 16.0. The number of carbonyl (C=O) groups excluding carboxylic acids is 1. The van der Waals surface area contributed by atoms with Gasteiger partial charge in [-0.15, -0.1) is 0 Å². The van der Waals surface area contributed by atoms with Gasteiger partial charge in [-0.05, 0) is 35.9 Å². The van der Waals surface area contributed by atoms with Crippen molar-refractivity contribution < 1.29 is 19.4 Å². The molecule has 3 aromatic rings. The summed E-state index contributed by atoms with van der Waals surface area (Å²) in [6.45, 7) is 1.30. The van der Waals surface area contributed by atoms with Crippen LogP contribution in [0.25, 0.3) is 11.1 Å². The zero-order valence-corrected chi connectivity index (χ0v) is 18.1. The number of benzene rings is 2. The molecule has 10 nitrogen and oxygen atoms in total. The molecule has 0 atom stereocenters. The average Bonchev–Trinajstić information content (AvgIpc) is 2.85. The molecule has 3 N–H and O–H groups in total. The third kappa shape index (κ3) is 5.48. The Morgan fingerprint density at radius 2 is 1.55 bits per heavy atom. The topological polar surface area (TPSA) is 120 Å².